The molecule has 0 heterocycles. The molecule has 2 rings (SSSR count). The average molecular weight is 273 g/mol. The molecule has 2 N–H and O–H groups in total. The van der Waals surface area contributed by atoms with E-state index in [2.05, 4.69) is 42.6 Å². The molecule has 1 aromatic carbocycles. The molecule has 0 amide bonds. The van der Waals surface area contributed by atoms with E-state index in [0.717, 1.165) is 18.7 Å². The van der Waals surface area contributed by atoms with Crippen molar-refractivity contribution in [1.29, 1.82) is 0 Å². The fourth-order valence-electron chi connectivity index (χ4n) is 2.39. The molecule has 1 aliphatic rings. The summed E-state index contributed by atoms with van der Waals surface area (Å²) in [6.07, 6.45) is 7.42. The lowest BCUT2D eigenvalue weighted by Crippen LogP contribution is -2.28. The molecule has 0 unspecified atom stereocenters. The van der Waals surface area contributed by atoms with Gasteiger partial charge in [0.25, 0.3) is 0 Å². The molecule has 1 aromatic rings. The summed E-state index contributed by atoms with van der Waals surface area (Å²) in [4.78, 5) is 0. The molecule has 3 nitrogen and oxygen atoms in total. The van der Waals surface area contributed by atoms with Gasteiger partial charge in [-0.15, -0.1) is 0 Å². The smallest absolute Gasteiger partial charge is 0.118 e. The fourth-order valence-corrected chi connectivity index (χ4v) is 2.39. The molecule has 0 saturated heterocycles. The van der Waals surface area contributed by atoms with Crippen LogP contribution in [-0.4, -0.2) is 31.4 Å². The Kier molecular flexibility index (Phi) is 5.39. The number of ether oxygens (including phenoxy) is 1. The van der Waals surface area contributed by atoms with Crippen molar-refractivity contribution in [2.45, 2.75) is 19.4 Å². The van der Waals surface area contributed by atoms with Gasteiger partial charge < -0.3 is 15.2 Å². The molecule has 1 aliphatic carbocycles. The predicted octanol–water partition coefficient (Wildman–Crippen LogP) is 2.63. The minimum atomic E-state index is 0.245. The zero-order chi connectivity index (χ0) is 14.4. The number of benzene rings is 1. The molecule has 20 heavy (non-hydrogen) atoms. The van der Waals surface area contributed by atoms with E-state index in [1.807, 2.05) is 12.1 Å². The van der Waals surface area contributed by atoms with Crippen LogP contribution >= 0.6 is 0 Å². The van der Waals surface area contributed by atoms with Crippen molar-refractivity contribution in [1.82, 2.24) is 5.32 Å². The number of hydrogen-bond donors (Lipinski definition) is 2. The van der Waals surface area contributed by atoms with Crippen LogP contribution in [0.4, 0.5) is 0 Å². The fraction of sp³-hybridized carbons (Fsp3) is 0.412. The van der Waals surface area contributed by atoms with Crippen molar-refractivity contribution in [2.75, 3.05) is 20.3 Å². The van der Waals surface area contributed by atoms with Crippen molar-refractivity contribution >= 4 is 6.08 Å². The second-order valence-electron chi connectivity index (χ2n) is 5.31. The lowest BCUT2D eigenvalue weighted by atomic mass is 10.1. The van der Waals surface area contributed by atoms with Gasteiger partial charge in [-0.05, 0) is 31.0 Å². The van der Waals surface area contributed by atoms with Crippen molar-refractivity contribution in [3.8, 4) is 5.75 Å². The van der Waals surface area contributed by atoms with E-state index >= 15 is 0 Å². The van der Waals surface area contributed by atoms with Crippen molar-refractivity contribution in [3.05, 3.63) is 47.6 Å². The molecule has 0 aromatic heterocycles. The standard InChI is InChI=1S/C17H23NO2/c1-13(9-14-4-7-17(20-2)8-5-14)11-18-16-6-3-15(10-16)12-19/h3-9,15-16,18-19H,10-12H2,1-2H3/b13-9-/t15-,16+/m0/s1. The second-order valence-corrected chi connectivity index (χ2v) is 5.31. The Bertz CT molecular complexity index is 476. The summed E-state index contributed by atoms with van der Waals surface area (Å²) >= 11 is 0. The van der Waals surface area contributed by atoms with Crippen LogP contribution in [0.2, 0.25) is 0 Å². The van der Waals surface area contributed by atoms with Crippen molar-refractivity contribution in [3.63, 3.8) is 0 Å². The van der Waals surface area contributed by atoms with Gasteiger partial charge in [-0.1, -0.05) is 35.9 Å². The van der Waals surface area contributed by atoms with E-state index < -0.39 is 0 Å². The molecule has 0 radical (unpaired) electrons. The second kappa shape index (κ2) is 7.27. The maximum atomic E-state index is 9.10. The Morgan fingerprint density at radius 2 is 2.10 bits per heavy atom. The molecule has 0 saturated carbocycles. The van der Waals surface area contributed by atoms with E-state index in [9.17, 15) is 0 Å². The Morgan fingerprint density at radius 3 is 2.70 bits per heavy atom. The molecule has 2 atom stereocenters. The van der Waals surface area contributed by atoms with E-state index in [-0.39, 0.29) is 6.61 Å². The molecule has 0 aliphatic heterocycles. The van der Waals surface area contributed by atoms with E-state index in [0.29, 0.717) is 12.0 Å². The van der Waals surface area contributed by atoms with Crippen molar-refractivity contribution < 1.29 is 9.84 Å². The highest BCUT2D eigenvalue weighted by molar-refractivity contribution is 5.53. The van der Waals surface area contributed by atoms with E-state index in [1.54, 1.807) is 7.11 Å². The third-order valence-corrected chi connectivity index (χ3v) is 3.58. The van der Waals surface area contributed by atoms with Gasteiger partial charge in [0.15, 0.2) is 0 Å². The summed E-state index contributed by atoms with van der Waals surface area (Å²) < 4.78 is 5.15. The molecule has 0 fully saturated rings. The first-order chi connectivity index (χ1) is 9.71. The van der Waals surface area contributed by atoms with Crippen LogP contribution in [0.5, 0.6) is 5.75 Å². The first kappa shape index (κ1) is 14.8. The van der Waals surface area contributed by atoms with Gasteiger partial charge in [0.2, 0.25) is 0 Å². The highest BCUT2D eigenvalue weighted by Crippen LogP contribution is 2.17. The summed E-state index contributed by atoms with van der Waals surface area (Å²) in [5.41, 5.74) is 2.47. The Hall–Kier alpha value is -1.58. The van der Waals surface area contributed by atoms with Crippen LogP contribution in [0.15, 0.2) is 42.0 Å². The predicted molar refractivity (Wildman–Crippen MR) is 82.8 cm³/mol. The topological polar surface area (TPSA) is 41.5 Å². The SMILES string of the molecule is COc1ccc(/C=C(/C)CN[C@@H]2C=C[C@H](CO)C2)cc1. The van der Waals surface area contributed by atoms with Gasteiger partial charge in [-0.25, -0.2) is 0 Å². The number of hydrogen-bond acceptors (Lipinski definition) is 3. The van der Waals surface area contributed by atoms with Gasteiger partial charge >= 0.3 is 0 Å². The normalized spacial score (nSPS) is 22.2. The Labute approximate surface area is 121 Å². The molecule has 0 spiro atoms. The highest BCUT2D eigenvalue weighted by Gasteiger charge is 2.16. The number of aliphatic hydroxyl groups is 1. The van der Waals surface area contributed by atoms with Gasteiger partial charge in [0, 0.05) is 25.1 Å². The van der Waals surface area contributed by atoms with Gasteiger partial charge in [0.05, 0.1) is 7.11 Å². The number of methoxy groups -OCH3 is 1. The lowest BCUT2D eigenvalue weighted by Gasteiger charge is -2.13. The number of aliphatic hydroxyl groups excluding tert-OH is 1. The molecule has 3 heteroatoms. The largest absolute Gasteiger partial charge is 0.497 e. The number of nitrogens with one attached hydrogen (secondary N) is 1. The maximum Gasteiger partial charge on any atom is 0.118 e. The van der Waals surface area contributed by atoms with Gasteiger partial charge in [-0.3, -0.25) is 0 Å². The van der Waals surface area contributed by atoms with Crippen LogP contribution in [0.3, 0.4) is 0 Å². The summed E-state index contributed by atoms with van der Waals surface area (Å²) in [5.74, 6) is 1.20. The van der Waals surface area contributed by atoms with E-state index in [4.69, 9.17) is 9.84 Å². The van der Waals surface area contributed by atoms with Crippen LogP contribution in [0, 0.1) is 5.92 Å². The maximum absolute atomic E-state index is 9.10. The zero-order valence-corrected chi connectivity index (χ0v) is 12.2. The minimum absolute atomic E-state index is 0.245. The summed E-state index contributed by atoms with van der Waals surface area (Å²) in [6.45, 7) is 3.23. The first-order valence-electron chi connectivity index (χ1n) is 7.05. The quantitative estimate of drug-likeness (QED) is 0.783. The zero-order valence-electron chi connectivity index (χ0n) is 12.2. The van der Waals surface area contributed by atoms with Gasteiger partial charge in [0.1, 0.15) is 5.75 Å². The van der Waals surface area contributed by atoms with Crippen molar-refractivity contribution in [2.24, 2.45) is 5.92 Å². The van der Waals surface area contributed by atoms with Crippen LogP contribution in [-0.2, 0) is 0 Å². The third-order valence-electron chi connectivity index (χ3n) is 3.58. The summed E-state index contributed by atoms with van der Waals surface area (Å²) in [5, 5.41) is 12.6. The molecule has 108 valence electrons. The van der Waals surface area contributed by atoms with Crippen LogP contribution < -0.4 is 10.1 Å². The molecular formula is C17H23NO2. The average Bonchev–Trinajstić information content (AvgIpc) is 2.94. The summed E-state index contributed by atoms with van der Waals surface area (Å²) in [6, 6.07) is 8.43. The monoisotopic (exact) mass is 273 g/mol. The third kappa shape index (κ3) is 4.22. The minimum Gasteiger partial charge on any atom is -0.497 e. The van der Waals surface area contributed by atoms with Crippen LogP contribution in [0.1, 0.15) is 18.9 Å². The Balaban J connectivity index is 1.83. The molecular weight excluding hydrogens is 250 g/mol. The molecule has 0 bridgehead atoms. The van der Waals surface area contributed by atoms with Crippen LogP contribution in [0.25, 0.3) is 6.08 Å². The Morgan fingerprint density at radius 1 is 1.35 bits per heavy atom. The van der Waals surface area contributed by atoms with Gasteiger partial charge in [-0.2, -0.15) is 0 Å². The lowest BCUT2D eigenvalue weighted by molar-refractivity contribution is 0.246. The summed E-state index contributed by atoms with van der Waals surface area (Å²) in [7, 11) is 1.68. The highest BCUT2D eigenvalue weighted by atomic mass is 16.5. The van der Waals surface area contributed by atoms with E-state index in [1.165, 1.54) is 11.1 Å². The first-order valence-corrected chi connectivity index (χ1v) is 7.05. The number of rotatable bonds is 6.